The molecule has 2 aromatic rings. The molecule has 1 aromatic heterocycles. The average molecular weight is 323 g/mol. The van der Waals surface area contributed by atoms with Crippen molar-refractivity contribution in [3.63, 3.8) is 0 Å². The number of carbonyl (C=O) groups is 2. The van der Waals surface area contributed by atoms with Gasteiger partial charge in [0.05, 0.1) is 0 Å². The van der Waals surface area contributed by atoms with Gasteiger partial charge in [0.1, 0.15) is 5.69 Å². The second-order valence-corrected chi connectivity index (χ2v) is 6.10. The number of hydrogen-bond donors (Lipinski definition) is 1. The lowest BCUT2D eigenvalue weighted by Gasteiger charge is -2.15. The summed E-state index contributed by atoms with van der Waals surface area (Å²) in [7, 11) is 0. The van der Waals surface area contributed by atoms with Gasteiger partial charge in [-0.3, -0.25) is 14.6 Å². The van der Waals surface area contributed by atoms with Gasteiger partial charge in [0, 0.05) is 31.4 Å². The molecule has 3 rings (SSSR count). The zero-order chi connectivity index (χ0) is 16.9. The first-order valence-electron chi connectivity index (χ1n) is 8.22. The summed E-state index contributed by atoms with van der Waals surface area (Å²) in [6.07, 6.45) is 3.60. The first-order valence-corrected chi connectivity index (χ1v) is 8.22. The van der Waals surface area contributed by atoms with E-state index in [4.69, 9.17) is 0 Å². The number of aromatic nitrogens is 1. The van der Waals surface area contributed by atoms with Gasteiger partial charge < -0.3 is 10.2 Å². The molecule has 0 atom stereocenters. The van der Waals surface area contributed by atoms with Crippen LogP contribution < -0.4 is 5.32 Å². The molecule has 0 unspecified atom stereocenters. The van der Waals surface area contributed by atoms with Crippen LogP contribution in [0.5, 0.6) is 0 Å². The highest BCUT2D eigenvalue weighted by molar-refractivity contribution is 5.98. The van der Waals surface area contributed by atoms with Crippen molar-refractivity contribution < 1.29 is 9.59 Å². The number of carbonyl (C=O) groups excluding carboxylic acids is 2. The van der Waals surface area contributed by atoms with E-state index in [9.17, 15) is 9.59 Å². The fourth-order valence-corrected chi connectivity index (χ4v) is 2.89. The highest BCUT2D eigenvalue weighted by Crippen LogP contribution is 2.13. The molecule has 2 heterocycles. The summed E-state index contributed by atoms with van der Waals surface area (Å²) >= 11 is 0. The molecular formula is C19H21N3O2. The zero-order valence-corrected chi connectivity index (χ0v) is 13.8. The van der Waals surface area contributed by atoms with Gasteiger partial charge in [-0.05, 0) is 37.5 Å². The molecule has 1 saturated heterocycles. The van der Waals surface area contributed by atoms with Crippen LogP contribution in [0.25, 0.3) is 0 Å². The number of hydrogen-bond acceptors (Lipinski definition) is 3. The number of aryl methyl sites for hydroxylation is 1. The lowest BCUT2D eigenvalue weighted by atomic mass is 10.1. The van der Waals surface area contributed by atoms with Crippen LogP contribution in [0.3, 0.4) is 0 Å². The number of rotatable bonds is 4. The Kier molecular flexibility index (Phi) is 4.89. The van der Waals surface area contributed by atoms with Crippen LogP contribution in [0, 0.1) is 6.92 Å². The van der Waals surface area contributed by atoms with Gasteiger partial charge in [0.15, 0.2) is 0 Å². The number of amides is 2. The van der Waals surface area contributed by atoms with Gasteiger partial charge in [-0.1, -0.05) is 29.8 Å². The van der Waals surface area contributed by atoms with Gasteiger partial charge in [0.2, 0.25) is 0 Å². The molecule has 1 fully saturated rings. The van der Waals surface area contributed by atoms with Gasteiger partial charge in [-0.25, -0.2) is 0 Å². The minimum absolute atomic E-state index is 0.0253. The summed E-state index contributed by atoms with van der Waals surface area (Å²) in [6, 6.07) is 11.2. The van der Waals surface area contributed by atoms with Crippen LogP contribution in [0.4, 0.5) is 0 Å². The Bertz CT molecular complexity index is 752. The smallest absolute Gasteiger partial charge is 0.270 e. The van der Waals surface area contributed by atoms with E-state index in [2.05, 4.69) is 10.3 Å². The van der Waals surface area contributed by atoms with E-state index in [1.807, 2.05) is 36.1 Å². The topological polar surface area (TPSA) is 62.3 Å². The first-order chi connectivity index (χ1) is 11.6. The highest BCUT2D eigenvalue weighted by atomic mass is 16.2. The van der Waals surface area contributed by atoms with Crippen molar-refractivity contribution in [1.29, 1.82) is 0 Å². The van der Waals surface area contributed by atoms with Gasteiger partial charge in [-0.15, -0.1) is 0 Å². The van der Waals surface area contributed by atoms with Crippen LogP contribution in [-0.4, -0.2) is 34.8 Å². The average Bonchev–Trinajstić information content (AvgIpc) is 3.14. The van der Waals surface area contributed by atoms with Crippen LogP contribution in [0.15, 0.2) is 42.6 Å². The van der Waals surface area contributed by atoms with Crippen molar-refractivity contribution in [1.82, 2.24) is 15.2 Å². The minimum Gasteiger partial charge on any atom is -0.347 e. The largest absolute Gasteiger partial charge is 0.347 e. The predicted molar refractivity (Wildman–Crippen MR) is 91.7 cm³/mol. The lowest BCUT2D eigenvalue weighted by molar-refractivity contribution is 0.0792. The van der Waals surface area contributed by atoms with Crippen molar-refractivity contribution in [3.05, 3.63) is 65.0 Å². The summed E-state index contributed by atoms with van der Waals surface area (Å²) < 4.78 is 0. The van der Waals surface area contributed by atoms with Crippen molar-refractivity contribution in [2.45, 2.75) is 26.3 Å². The monoisotopic (exact) mass is 323 g/mol. The molecule has 24 heavy (non-hydrogen) atoms. The first kappa shape index (κ1) is 16.2. The maximum absolute atomic E-state index is 12.4. The summed E-state index contributed by atoms with van der Waals surface area (Å²) in [5, 5.41) is 2.85. The second kappa shape index (κ2) is 7.25. The number of likely N-dealkylation sites (tertiary alicyclic amines) is 1. The molecule has 0 saturated carbocycles. The molecule has 0 bridgehead atoms. The van der Waals surface area contributed by atoms with E-state index in [1.165, 1.54) is 6.20 Å². The fourth-order valence-electron chi connectivity index (χ4n) is 2.89. The van der Waals surface area contributed by atoms with Gasteiger partial charge in [-0.2, -0.15) is 0 Å². The normalized spacial score (nSPS) is 13.8. The Balaban J connectivity index is 1.66. The van der Waals surface area contributed by atoms with Gasteiger partial charge in [0.25, 0.3) is 11.8 Å². The quantitative estimate of drug-likeness (QED) is 0.940. The van der Waals surface area contributed by atoms with E-state index >= 15 is 0 Å². The van der Waals surface area contributed by atoms with Crippen molar-refractivity contribution in [2.24, 2.45) is 0 Å². The summed E-state index contributed by atoms with van der Waals surface area (Å²) in [5.74, 6) is -0.296. The summed E-state index contributed by atoms with van der Waals surface area (Å²) in [6.45, 7) is 4.03. The Labute approximate surface area is 141 Å². The number of nitrogens with zero attached hydrogens (tertiary/aromatic N) is 2. The summed E-state index contributed by atoms with van der Waals surface area (Å²) in [5.41, 5.74) is 2.98. The predicted octanol–water partition coefficient (Wildman–Crippen LogP) is 2.56. The fraction of sp³-hybridized carbons (Fsp3) is 0.316. The minimum atomic E-state index is -0.271. The molecule has 1 aliphatic heterocycles. The Hall–Kier alpha value is -2.69. The Morgan fingerprint density at radius 2 is 1.96 bits per heavy atom. The van der Waals surface area contributed by atoms with Crippen LogP contribution in [-0.2, 0) is 6.54 Å². The maximum Gasteiger partial charge on any atom is 0.270 e. The van der Waals surface area contributed by atoms with Crippen LogP contribution >= 0.6 is 0 Å². The Morgan fingerprint density at radius 1 is 1.17 bits per heavy atom. The molecule has 0 spiro atoms. The van der Waals surface area contributed by atoms with Crippen molar-refractivity contribution in [2.75, 3.05) is 13.1 Å². The molecular weight excluding hydrogens is 302 g/mol. The summed E-state index contributed by atoms with van der Waals surface area (Å²) in [4.78, 5) is 30.6. The van der Waals surface area contributed by atoms with E-state index in [0.717, 1.165) is 37.1 Å². The number of nitrogens with one attached hydrogen (secondary N) is 1. The molecule has 5 nitrogen and oxygen atoms in total. The molecule has 1 aromatic carbocycles. The molecule has 124 valence electrons. The number of benzene rings is 1. The molecule has 1 aliphatic rings. The molecule has 2 amide bonds. The third-order valence-electron chi connectivity index (χ3n) is 4.17. The van der Waals surface area contributed by atoms with Crippen molar-refractivity contribution >= 4 is 11.8 Å². The number of pyridine rings is 1. The third kappa shape index (κ3) is 3.79. The Morgan fingerprint density at radius 3 is 2.71 bits per heavy atom. The van der Waals surface area contributed by atoms with E-state index in [1.54, 1.807) is 12.1 Å². The van der Waals surface area contributed by atoms with Crippen molar-refractivity contribution in [3.8, 4) is 0 Å². The molecule has 1 N–H and O–H groups in total. The van der Waals surface area contributed by atoms with E-state index < -0.39 is 0 Å². The third-order valence-corrected chi connectivity index (χ3v) is 4.17. The molecule has 5 heteroatoms. The second-order valence-electron chi connectivity index (χ2n) is 6.10. The SMILES string of the molecule is Cc1cccc(CNC(=O)c2cc(C(=O)N3CCCC3)ccn2)c1. The van der Waals surface area contributed by atoms with E-state index in [-0.39, 0.29) is 17.5 Å². The maximum atomic E-state index is 12.4. The van der Waals surface area contributed by atoms with Crippen LogP contribution in [0.2, 0.25) is 0 Å². The lowest BCUT2D eigenvalue weighted by Crippen LogP contribution is -2.28. The standard InChI is InChI=1S/C19H21N3O2/c1-14-5-4-6-15(11-14)13-21-18(23)17-12-16(7-8-20-17)19(24)22-9-2-3-10-22/h4-8,11-12H,2-3,9-10,13H2,1H3,(H,21,23). The molecule has 0 radical (unpaired) electrons. The zero-order valence-electron chi connectivity index (χ0n) is 13.8. The van der Waals surface area contributed by atoms with Crippen LogP contribution in [0.1, 0.15) is 44.8 Å². The highest BCUT2D eigenvalue weighted by Gasteiger charge is 2.20. The van der Waals surface area contributed by atoms with Gasteiger partial charge >= 0.3 is 0 Å². The molecule has 0 aliphatic carbocycles. The van der Waals surface area contributed by atoms with E-state index in [0.29, 0.717) is 12.1 Å².